The third kappa shape index (κ3) is 4.27. The van der Waals surface area contributed by atoms with Gasteiger partial charge in [0, 0.05) is 26.2 Å². The number of benzene rings is 1. The predicted octanol–water partition coefficient (Wildman–Crippen LogP) is 1.20. The molecule has 3 aromatic rings. The van der Waals surface area contributed by atoms with Gasteiger partial charge in [0.05, 0.1) is 11.4 Å². The molecule has 1 saturated heterocycles. The number of piperazine rings is 1. The van der Waals surface area contributed by atoms with Gasteiger partial charge in [0.15, 0.2) is 5.76 Å². The Morgan fingerprint density at radius 1 is 1.12 bits per heavy atom. The second-order valence-electron chi connectivity index (χ2n) is 7.39. The summed E-state index contributed by atoms with van der Waals surface area (Å²) in [7, 11) is -3.71. The van der Waals surface area contributed by atoms with Gasteiger partial charge in [-0.25, -0.2) is 8.42 Å². The molecule has 1 aliphatic heterocycles. The summed E-state index contributed by atoms with van der Waals surface area (Å²) in [4.78, 5) is 14.5. The summed E-state index contributed by atoms with van der Waals surface area (Å²) in [6.45, 7) is 6.19. The lowest BCUT2D eigenvalue weighted by Crippen LogP contribution is -2.51. The molecule has 0 radical (unpaired) electrons. The Hall–Kier alpha value is -2.77. The number of nitrogens with zero attached hydrogens (tertiary/aromatic N) is 7. The van der Waals surface area contributed by atoms with E-state index in [1.165, 1.54) is 16.1 Å². The summed E-state index contributed by atoms with van der Waals surface area (Å²) in [6.07, 6.45) is 0. The molecule has 2 aromatic heterocycles. The molecule has 0 spiro atoms. The SMILES string of the molecule is Cc1ccccc1-n1nnnc1SCC(=O)N1CCN(S(=O)(=O)c2c(C)noc2C)CC1. The summed E-state index contributed by atoms with van der Waals surface area (Å²) in [5, 5.41) is 16.1. The van der Waals surface area contributed by atoms with Crippen LogP contribution >= 0.6 is 11.8 Å². The number of hydrogen-bond donors (Lipinski definition) is 0. The summed E-state index contributed by atoms with van der Waals surface area (Å²) < 4.78 is 33.9. The predicted molar refractivity (Wildman–Crippen MR) is 116 cm³/mol. The zero-order valence-corrected chi connectivity index (χ0v) is 19.6. The molecule has 0 aliphatic carbocycles. The first-order chi connectivity index (χ1) is 15.3. The number of tetrazole rings is 1. The third-order valence-corrected chi connectivity index (χ3v) is 8.31. The fourth-order valence-corrected chi connectivity index (χ4v) is 6.09. The van der Waals surface area contributed by atoms with Crippen LogP contribution in [0.4, 0.5) is 0 Å². The maximum absolute atomic E-state index is 12.9. The standard InChI is InChI=1S/C19H23N7O4S2/c1-13-6-4-5-7-16(13)26-19(20-22-23-26)31-12-17(27)24-8-10-25(11-9-24)32(28,29)18-14(2)21-30-15(18)3/h4-7H,8-12H2,1-3H3. The van der Waals surface area contributed by atoms with Crippen molar-refractivity contribution in [2.24, 2.45) is 0 Å². The van der Waals surface area contributed by atoms with E-state index < -0.39 is 10.0 Å². The van der Waals surface area contributed by atoms with Crippen molar-refractivity contribution < 1.29 is 17.7 Å². The molecule has 13 heteroatoms. The topological polar surface area (TPSA) is 127 Å². The van der Waals surface area contributed by atoms with E-state index in [4.69, 9.17) is 4.52 Å². The van der Waals surface area contributed by atoms with Crippen LogP contribution in [0.15, 0.2) is 38.8 Å². The van der Waals surface area contributed by atoms with Crippen LogP contribution < -0.4 is 0 Å². The number of aryl methyl sites for hydroxylation is 3. The molecule has 4 rings (SSSR count). The average molecular weight is 478 g/mol. The van der Waals surface area contributed by atoms with Crippen LogP contribution in [0.5, 0.6) is 0 Å². The lowest BCUT2D eigenvalue weighted by Gasteiger charge is -2.33. The van der Waals surface area contributed by atoms with E-state index in [-0.39, 0.29) is 35.4 Å². The smallest absolute Gasteiger partial charge is 0.248 e. The molecule has 11 nitrogen and oxygen atoms in total. The van der Waals surface area contributed by atoms with Crippen molar-refractivity contribution in [1.29, 1.82) is 0 Å². The van der Waals surface area contributed by atoms with Crippen molar-refractivity contribution >= 4 is 27.7 Å². The minimum atomic E-state index is -3.71. The van der Waals surface area contributed by atoms with Gasteiger partial charge >= 0.3 is 0 Å². The first-order valence-electron chi connectivity index (χ1n) is 9.97. The molecular formula is C19H23N7O4S2. The Balaban J connectivity index is 1.36. The van der Waals surface area contributed by atoms with Crippen LogP contribution in [0.2, 0.25) is 0 Å². The first kappa shape index (κ1) is 22.4. The molecule has 0 atom stereocenters. The number of rotatable bonds is 6. The van der Waals surface area contributed by atoms with Gasteiger partial charge in [-0.15, -0.1) is 5.10 Å². The number of carbonyl (C=O) groups is 1. The number of thioether (sulfide) groups is 1. The van der Waals surface area contributed by atoms with E-state index >= 15 is 0 Å². The summed E-state index contributed by atoms with van der Waals surface area (Å²) >= 11 is 1.25. The molecule has 32 heavy (non-hydrogen) atoms. The van der Waals surface area contributed by atoms with Gasteiger partial charge in [-0.2, -0.15) is 8.99 Å². The molecule has 1 aliphatic rings. The number of amides is 1. The molecule has 3 heterocycles. The van der Waals surface area contributed by atoms with E-state index in [0.717, 1.165) is 11.3 Å². The normalized spacial score (nSPS) is 15.3. The monoisotopic (exact) mass is 477 g/mol. The maximum Gasteiger partial charge on any atom is 0.248 e. The minimum absolute atomic E-state index is 0.0938. The molecule has 0 saturated carbocycles. The lowest BCUT2D eigenvalue weighted by atomic mass is 10.2. The molecule has 1 amide bonds. The van der Waals surface area contributed by atoms with Crippen molar-refractivity contribution in [3.63, 3.8) is 0 Å². The summed E-state index contributed by atoms with van der Waals surface area (Å²) in [6, 6.07) is 7.72. The minimum Gasteiger partial charge on any atom is -0.360 e. The van der Waals surface area contributed by atoms with Crippen molar-refractivity contribution in [2.45, 2.75) is 30.8 Å². The average Bonchev–Trinajstić information content (AvgIpc) is 3.38. The van der Waals surface area contributed by atoms with Gasteiger partial charge in [0.1, 0.15) is 10.6 Å². The van der Waals surface area contributed by atoms with Crippen molar-refractivity contribution in [2.75, 3.05) is 31.9 Å². The van der Waals surface area contributed by atoms with E-state index in [1.54, 1.807) is 23.4 Å². The Labute approximate surface area is 189 Å². The maximum atomic E-state index is 12.9. The second kappa shape index (κ2) is 9.00. The molecule has 0 bridgehead atoms. The zero-order chi connectivity index (χ0) is 22.9. The molecule has 0 N–H and O–H groups in total. The van der Waals surface area contributed by atoms with E-state index in [1.807, 2.05) is 31.2 Å². The van der Waals surface area contributed by atoms with Crippen molar-refractivity contribution in [3.8, 4) is 5.69 Å². The largest absolute Gasteiger partial charge is 0.360 e. The van der Waals surface area contributed by atoms with E-state index in [9.17, 15) is 13.2 Å². The molecule has 0 unspecified atom stereocenters. The number of aromatic nitrogens is 5. The number of carbonyl (C=O) groups excluding carboxylic acids is 1. The zero-order valence-electron chi connectivity index (χ0n) is 17.9. The van der Waals surface area contributed by atoms with Gasteiger partial charge in [-0.3, -0.25) is 4.79 Å². The van der Waals surface area contributed by atoms with Crippen LogP contribution in [0, 0.1) is 20.8 Å². The van der Waals surface area contributed by atoms with Gasteiger partial charge in [-0.05, 0) is 42.8 Å². The number of para-hydroxylation sites is 1. The van der Waals surface area contributed by atoms with Gasteiger partial charge < -0.3 is 9.42 Å². The Morgan fingerprint density at radius 2 is 1.84 bits per heavy atom. The lowest BCUT2D eigenvalue weighted by molar-refractivity contribution is -0.129. The first-order valence-corrected chi connectivity index (χ1v) is 12.4. The second-order valence-corrected chi connectivity index (χ2v) is 10.2. The highest BCUT2D eigenvalue weighted by atomic mass is 32.2. The summed E-state index contributed by atoms with van der Waals surface area (Å²) in [5.74, 6) is 0.329. The van der Waals surface area contributed by atoms with Crippen LogP contribution in [0.25, 0.3) is 5.69 Å². The number of sulfonamides is 1. The highest BCUT2D eigenvalue weighted by molar-refractivity contribution is 7.99. The van der Waals surface area contributed by atoms with Crippen LogP contribution in [-0.2, 0) is 14.8 Å². The van der Waals surface area contributed by atoms with Crippen LogP contribution in [0.1, 0.15) is 17.0 Å². The third-order valence-electron chi connectivity index (χ3n) is 5.27. The molecule has 1 aromatic carbocycles. The van der Waals surface area contributed by atoms with Gasteiger partial charge in [-0.1, -0.05) is 35.1 Å². The van der Waals surface area contributed by atoms with Crippen LogP contribution in [0.3, 0.4) is 0 Å². The summed E-state index contributed by atoms with van der Waals surface area (Å²) in [5.41, 5.74) is 2.21. The quantitative estimate of drug-likeness (QED) is 0.481. The fraction of sp³-hybridized carbons (Fsp3) is 0.421. The Morgan fingerprint density at radius 3 is 2.50 bits per heavy atom. The van der Waals surface area contributed by atoms with Crippen molar-refractivity contribution in [1.82, 2.24) is 34.6 Å². The van der Waals surface area contributed by atoms with E-state index in [2.05, 4.69) is 20.7 Å². The van der Waals surface area contributed by atoms with Gasteiger partial charge in [0.2, 0.25) is 21.1 Å². The van der Waals surface area contributed by atoms with Gasteiger partial charge in [0.25, 0.3) is 0 Å². The molecular weight excluding hydrogens is 454 g/mol. The highest BCUT2D eigenvalue weighted by Gasteiger charge is 2.34. The Kier molecular flexibility index (Phi) is 6.31. The Bertz CT molecular complexity index is 1210. The highest BCUT2D eigenvalue weighted by Crippen LogP contribution is 2.25. The fourth-order valence-electron chi connectivity index (χ4n) is 3.59. The number of hydrogen-bond acceptors (Lipinski definition) is 9. The molecule has 1 fully saturated rings. The molecule has 170 valence electrons. The van der Waals surface area contributed by atoms with Crippen LogP contribution in [-0.4, -0.2) is 80.8 Å². The van der Waals surface area contributed by atoms with Crippen molar-refractivity contribution in [3.05, 3.63) is 41.3 Å². The van der Waals surface area contributed by atoms with E-state index in [0.29, 0.717) is 23.9 Å².